The molecule has 0 unspecified atom stereocenters. The lowest BCUT2D eigenvalue weighted by Gasteiger charge is -2.30. The highest BCUT2D eigenvalue weighted by atomic mass is 16.6. The number of ether oxygens (including phenoxy) is 2. The highest BCUT2D eigenvalue weighted by Gasteiger charge is 2.39. The van der Waals surface area contributed by atoms with Crippen molar-refractivity contribution in [3.05, 3.63) is 42.2 Å². The molecule has 0 saturated carbocycles. The van der Waals surface area contributed by atoms with Crippen molar-refractivity contribution in [3.8, 4) is 5.75 Å². The Morgan fingerprint density at radius 1 is 1.21 bits per heavy atom. The van der Waals surface area contributed by atoms with Crippen LogP contribution in [-0.2, 0) is 9.53 Å². The second kappa shape index (κ2) is 6.41. The molecule has 1 aromatic rings. The highest BCUT2D eigenvalue weighted by molar-refractivity contribution is 5.81. The van der Waals surface area contributed by atoms with Crippen LogP contribution in [0, 0.1) is 6.92 Å². The van der Waals surface area contributed by atoms with E-state index >= 15 is 0 Å². The minimum atomic E-state index is -0.948. The predicted octanol–water partition coefficient (Wildman–Crippen LogP) is 4.01. The molecule has 0 saturated heterocycles. The van der Waals surface area contributed by atoms with Crippen molar-refractivity contribution in [2.45, 2.75) is 46.1 Å². The smallest absolute Gasteiger partial charge is 0.355 e. The number of hydrogen-bond donors (Lipinski definition) is 0. The van der Waals surface area contributed by atoms with Gasteiger partial charge in [0.25, 0.3) is 0 Å². The lowest BCUT2D eigenvalue weighted by atomic mass is 9.97. The SMILES string of the molecule is C=C(C)OC(CC)(CC)C(=O)Oc1ccc(C)cc1. The van der Waals surface area contributed by atoms with E-state index in [0.717, 1.165) is 5.56 Å². The summed E-state index contributed by atoms with van der Waals surface area (Å²) >= 11 is 0. The van der Waals surface area contributed by atoms with Gasteiger partial charge in [0, 0.05) is 0 Å². The largest absolute Gasteiger partial charge is 0.481 e. The molecule has 0 N–H and O–H groups in total. The molecule has 19 heavy (non-hydrogen) atoms. The number of aryl methyl sites for hydroxylation is 1. The third kappa shape index (κ3) is 3.85. The first-order chi connectivity index (χ1) is 8.93. The third-order valence-corrected chi connectivity index (χ3v) is 3.12. The van der Waals surface area contributed by atoms with Gasteiger partial charge in [-0.15, -0.1) is 0 Å². The zero-order valence-electron chi connectivity index (χ0n) is 12.2. The van der Waals surface area contributed by atoms with Gasteiger partial charge >= 0.3 is 5.97 Å². The van der Waals surface area contributed by atoms with E-state index in [0.29, 0.717) is 24.4 Å². The van der Waals surface area contributed by atoms with E-state index < -0.39 is 5.60 Å². The monoisotopic (exact) mass is 262 g/mol. The number of allylic oxidation sites excluding steroid dienone is 1. The number of carbonyl (C=O) groups is 1. The highest BCUT2D eigenvalue weighted by Crippen LogP contribution is 2.26. The summed E-state index contributed by atoms with van der Waals surface area (Å²) in [4.78, 5) is 12.3. The Morgan fingerprint density at radius 2 is 1.74 bits per heavy atom. The number of esters is 1. The van der Waals surface area contributed by atoms with Gasteiger partial charge in [0.15, 0.2) is 0 Å². The van der Waals surface area contributed by atoms with Crippen LogP contribution in [0.15, 0.2) is 36.6 Å². The molecular formula is C16H22O3. The lowest BCUT2D eigenvalue weighted by molar-refractivity contribution is -0.158. The second-order valence-corrected chi connectivity index (χ2v) is 4.71. The molecule has 1 aromatic carbocycles. The maximum atomic E-state index is 12.3. The molecular weight excluding hydrogens is 240 g/mol. The third-order valence-electron chi connectivity index (χ3n) is 3.12. The Labute approximate surface area is 115 Å². The Balaban J connectivity index is 2.88. The van der Waals surface area contributed by atoms with Crippen molar-refractivity contribution >= 4 is 5.97 Å². The minimum absolute atomic E-state index is 0.371. The van der Waals surface area contributed by atoms with Crippen molar-refractivity contribution < 1.29 is 14.3 Å². The maximum Gasteiger partial charge on any atom is 0.355 e. The topological polar surface area (TPSA) is 35.5 Å². The molecule has 0 spiro atoms. The fourth-order valence-corrected chi connectivity index (χ4v) is 1.86. The van der Waals surface area contributed by atoms with Gasteiger partial charge in [0.05, 0.1) is 5.76 Å². The summed E-state index contributed by atoms with van der Waals surface area (Å²) in [6, 6.07) is 7.37. The van der Waals surface area contributed by atoms with Crippen LogP contribution in [0.4, 0.5) is 0 Å². The Kier molecular flexibility index (Phi) is 5.16. The van der Waals surface area contributed by atoms with E-state index in [2.05, 4.69) is 6.58 Å². The van der Waals surface area contributed by atoms with Crippen LogP contribution in [-0.4, -0.2) is 11.6 Å². The van der Waals surface area contributed by atoms with Crippen LogP contribution in [0.1, 0.15) is 39.2 Å². The normalized spacial score (nSPS) is 10.9. The number of carbonyl (C=O) groups excluding carboxylic acids is 1. The maximum absolute atomic E-state index is 12.3. The van der Waals surface area contributed by atoms with Crippen molar-refractivity contribution in [2.24, 2.45) is 0 Å². The van der Waals surface area contributed by atoms with Gasteiger partial charge in [0.2, 0.25) is 5.60 Å². The average molecular weight is 262 g/mol. The quantitative estimate of drug-likeness (QED) is 0.441. The first-order valence-electron chi connectivity index (χ1n) is 6.57. The zero-order chi connectivity index (χ0) is 14.5. The van der Waals surface area contributed by atoms with Crippen LogP contribution < -0.4 is 4.74 Å². The van der Waals surface area contributed by atoms with E-state index in [-0.39, 0.29) is 5.97 Å². The zero-order valence-corrected chi connectivity index (χ0v) is 12.2. The van der Waals surface area contributed by atoms with E-state index in [9.17, 15) is 4.79 Å². The van der Waals surface area contributed by atoms with Gasteiger partial charge in [-0.3, -0.25) is 0 Å². The molecule has 0 heterocycles. The van der Waals surface area contributed by atoms with Crippen molar-refractivity contribution in [3.63, 3.8) is 0 Å². The summed E-state index contributed by atoms with van der Waals surface area (Å²) < 4.78 is 11.0. The number of rotatable bonds is 6. The summed E-state index contributed by atoms with van der Waals surface area (Å²) in [5.41, 5.74) is 0.173. The van der Waals surface area contributed by atoms with E-state index in [1.807, 2.05) is 32.9 Å². The van der Waals surface area contributed by atoms with Gasteiger partial charge in [-0.05, 0) is 38.8 Å². The van der Waals surface area contributed by atoms with Crippen LogP contribution in [0.25, 0.3) is 0 Å². The lowest BCUT2D eigenvalue weighted by Crippen LogP contribution is -2.43. The van der Waals surface area contributed by atoms with Crippen LogP contribution >= 0.6 is 0 Å². The summed E-state index contributed by atoms with van der Waals surface area (Å²) in [6.45, 7) is 11.2. The molecule has 0 aliphatic rings. The molecule has 0 atom stereocenters. The Morgan fingerprint density at radius 3 is 2.16 bits per heavy atom. The fraction of sp³-hybridized carbons (Fsp3) is 0.438. The molecule has 0 aromatic heterocycles. The summed E-state index contributed by atoms with van der Waals surface area (Å²) in [6.07, 6.45) is 1.09. The molecule has 104 valence electrons. The van der Waals surface area contributed by atoms with Gasteiger partial charge < -0.3 is 9.47 Å². The van der Waals surface area contributed by atoms with Crippen LogP contribution in [0.2, 0.25) is 0 Å². The van der Waals surface area contributed by atoms with Crippen LogP contribution in [0.5, 0.6) is 5.75 Å². The number of benzene rings is 1. The molecule has 1 rings (SSSR count). The van der Waals surface area contributed by atoms with Crippen molar-refractivity contribution in [1.82, 2.24) is 0 Å². The first kappa shape index (κ1) is 15.3. The molecule has 3 heteroatoms. The van der Waals surface area contributed by atoms with Gasteiger partial charge in [-0.1, -0.05) is 38.1 Å². The van der Waals surface area contributed by atoms with Gasteiger partial charge in [-0.2, -0.15) is 0 Å². The minimum Gasteiger partial charge on any atom is -0.481 e. The van der Waals surface area contributed by atoms with Crippen LogP contribution in [0.3, 0.4) is 0 Å². The summed E-state index contributed by atoms with van der Waals surface area (Å²) in [5.74, 6) is 0.682. The van der Waals surface area contributed by atoms with Gasteiger partial charge in [0.1, 0.15) is 5.75 Å². The molecule has 0 radical (unpaired) electrons. The standard InChI is InChI=1S/C16H22O3/c1-6-16(7-2,19-12(3)4)15(17)18-14-10-8-13(5)9-11-14/h8-11H,3,6-7H2,1-2,4-5H3. The van der Waals surface area contributed by atoms with E-state index in [1.54, 1.807) is 19.1 Å². The number of hydrogen-bond acceptors (Lipinski definition) is 3. The summed E-state index contributed by atoms with van der Waals surface area (Å²) in [5, 5.41) is 0. The van der Waals surface area contributed by atoms with E-state index in [1.165, 1.54) is 0 Å². The van der Waals surface area contributed by atoms with Gasteiger partial charge in [-0.25, -0.2) is 4.79 Å². The molecule has 0 aliphatic carbocycles. The molecule has 0 aliphatic heterocycles. The first-order valence-corrected chi connectivity index (χ1v) is 6.57. The summed E-state index contributed by atoms with van der Waals surface area (Å²) in [7, 11) is 0. The molecule has 0 bridgehead atoms. The molecule has 3 nitrogen and oxygen atoms in total. The second-order valence-electron chi connectivity index (χ2n) is 4.71. The predicted molar refractivity (Wildman–Crippen MR) is 76.0 cm³/mol. The average Bonchev–Trinajstić information content (AvgIpc) is 2.38. The molecule has 0 fully saturated rings. The van der Waals surface area contributed by atoms with Crippen molar-refractivity contribution in [2.75, 3.05) is 0 Å². The Hall–Kier alpha value is -1.77. The molecule has 0 amide bonds. The van der Waals surface area contributed by atoms with E-state index in [4.69, 9.17) is 9.47 Å². The fourth-order valence-electron chi connectivity index (χ4n) is 1.86. The van der Waals surface area contributed by atoms with Crippen molar-refractivity contribution in [1.29, 1.82) is 0 Å². The Bertz CT molecular complexity index is 442.